The Labute approximate surface area is 102 Å². The first-order chi connectivity index (χ1) is 8.63. The van der Waals surface area contributed by atoms with Crippen LogP contribution in [0.2, 0.25) is 0 Å². The number of rotatable bonds is 2. The Morgan fingerprint density at radius 3 is 2.06 bits per heavy atom. The Bertz CT molecular complexity index is 452. The maximum absolute atomic E-state index is 11.2. The summed E-state index contributed by atoms with van der Waals surface area (Å²) < 4.78 is 0. The number of nitrogens with zero attached hydrogens (tertiary/aromatic N) is 1. The highest BCUT2D eigenvalue weighted by Gasteiger charge is 2.26. The number of anilines is 1. The highest BCUT2D eigenvalue weighted by molar-refractivity contribution is 6.03. The van der Waals surface area contributed by atoms with Crippen molar-refractivity contribution in [1.29, 1.82) is 0 Å². The molecule has 0 unspecified atom stereocenters. The molecular formula is C11H10N2O5. The van der Waals surface area contributed by atoms with Gasteiger partial charge in [0, 0.05) is 0 Å². The van der Waals surface area contributed by atoms with E-state index in [9.17, 15) is 14.4 Å². The van der Waals surface area contributed by atoms with Crippen molar-refractivity contribution in [2.75, 3.05) is 5.43 Å². The zero-order chi connectivity index (χ0) is 13.0. The third kappa shape index (κ3) is 3.29. The lowest BCUT2D eigenvalue weighted by Crippen LogP contribution is -2.38. The largest absolute Gasteiger partial charge is 0.338 e. The Kier molecular flexibility index (Phi) is 3.54. The average molecular weight is 250 g/mol. The molecule has 2 rings (SSSR count). The third-order valence-corrected chi connectivity index (χ3v) is 2.05. The van der Waals surface area contributed by atoms with Crippen molar-refractivity contribution in [1.82, 2.24) is 5.34 Å². The number of nitrogens with one attached hydrogen (secondary N) is 1. The van der Waals surface area contributed by atoms with Crippen molar-refractivity contribution >= 4 is 23.4 Å². The molecule has 94 valence electrons. The first kappa shape index (κ1) is 12.1. The van der Waals surface area contributed by atoms with E-state index in [-0.39, 0.29) is 0 Å². The number of ketones is 1. The predicted octanol–water partition coefficient (Wildman–Crippen LogP) is 0.595. The molecule has 18 heavy (non-hydrogen) atoms. The van der Waals surface area contributed by atoms with Crippen LogP contribution in [0.15, 0.2) is 30.3 Å². The molecule has 0 atom stereocenters. The molecule has 7 nitrogen and oxygen atoms in total. The van der Waals surface area contributed by atoms with Crippen molar-refractivity contribution in [2.45, 2.75) is 12.8 Å². The van der Waals surface area contributed by atoms with Crippen LogP contribution in [0.3, 0.4) is 0 Å². The molecule has 1 aromatic rings. The maximum atomic E-state index is 11.2. The molecule has 1 aliphatic heterocycles. The number of para-hydroxylation sites is 1. The van der Waals surface area contributed by atoms with E-state index in [1.54, 1.807) is 30.3 Å². The number of carbonyl (C=O) groups excluding carboxylic acids is 3. The molecule has 1 fully saturated rings. The molecule has 0 aliphatic carbocycles. The van der Waals surface area contributed by atoms with Gasteiger partial charge in [-0.05, 0) is 12.1 Å². The van der Waals surface area contributed by atoms with Crippen molar-refractivity contribution in [3.05, 3.63) is 30.3 Å². The Hall–Kier alpha value is -2.41. The Morgan fingerprint density at radius 1 is 0.944 bits per heavy atom. The summed E-state index contributed by atoms with van der Waals surface area (Å²) in [4.78, 5) is 42.9. The van der Waals surface area contributed by atoms with Gasteiger partial charge in [0.25, 0.3) is 0 Å². The van der Waals surface area contributed by atoms with Crippen LogP contribution in [0.4, 0.5) is 5.69 Å². The summed E-state index contributed by atoms with van der Waals surface area (Å²) >= 11 is 0. The second-order valence-corrected chi connectivity index (χ2v) is 3.55. The van der Waals surface area contributed by atoms with Gasteiger partial charge in [-0.2, -0.15) is 0 Å². The second kappa shape index (κ2) is 5.28. The van der Waals surface area contributed by atoms with Gasteiger partial charge in [0.15, 0.2) is 5.78 Å². The van der Waals surface area contributed by atoms with E-state index in [0.717, 1.165) is 0 Å². The highest BCUT2D eigenvalue weighted by Crippen LogP contribution is 2.11. The van der Waals surface area contributed by atoms with Gasteiger partial charge in [-0.15, -0.1) is 0 Å². The van der Waals surface area contributed by atoms with Gasteiger partial charge in [0.05, 0.1) is 5.69 Å². The van der Waals surface area contributed by atoms with Crippen LogP contribution in [0.1, 0.15) is 12.8 Å². The quantitative estimate of drug-likeness (QED) is 0.769. The number of benzene rings is 1. The number of hydrogen-bond acceptors (Lipinski definition) is 7. The molecule has 1 aromatic carbocycles. The summed E-state index contributed by atoms with van der Waals surface area (Å²) in [6, 6.07) is 8.67. The van der Waals surface area contributed by atoms with Gasteiger partial charge >= 0.3 is 11.9 Å². The molecule has 1 N–H and O–H groups in total. The van der Waals surface area contributed by atoms with E-state index in [1.807, 2.05) is 0 Å². The number of hydrogen-bond donors (Lipinski definition) is 1. The summed E-state index contributed by atoms with van der Waals surface area (Å²) in [5, 5.41) is 0.548. The van der Waals surface area contributed by atoms with Crippen molar-refractivity contribution in [3.63, 3.8) is 0 Å². The minimum atomic E-state index is -0.795. The van der Waals surface area contributed by atoms with Gasteiger partial charge in [0.1, 0.15) is 18.2 Å². The SMILES string of the molecule is O=C1CC(=O)ON(Nc2ccccc2)OC(=O)C1. The maximum Gasteiger partial charge on any atom is 0.338 e. The lowest BCUT2D eigenvalue weighted by atomic mass is 10.2. The van der Waals surface area contributed by atoms with E-state index < -0.39 is 30.6 Å². The zero-order valence-corrected chi connectivity index (χ0v) is 9.29. The molecule has 0 bridgehead atoms. The normalized spacial score (nSPS) is 17.4. The fraction of sp³-hybridized carbons (Fsp3) is 0.182. The molecule has 0 aromatic heterocycles. The zero-order valence-electron chi connectivity index (χ0n) is 9.29. The molecular weight excluding hydrogens is 240 g/mol. The summed E-state index contributed by atoms with van der Waals surface area (Å²) in [5.74, 6) is -2.13. The molecule has 0 radical (unpaired) electrons. The smallest absolute Gasteiger partial charge is 0.314 e. The Balaban J connectivity index is 2.05. The van der Waals surface area contributed by atoms with E-state index in [0.29, 0.717) is 11.0 Å². The van der Waals surface area contributed by atoms with Gasteiger partial charge in [0.2, 0.25) is 0 Å². The molecule has 0 amide bonds. The van der Waals surface area contributed by atoms with Gasteiger partial charge in [-0.3, -0.25) is 10.2 Å². The molecule has 0 saturated carbocycles. The van der Waals surface area contributed by atoms with Crippen LogP contribution in [0.25, 0.3) is 0 Å². The Morgan fingerprint density at radius 2 is 1.50 bits per heavy atom. The van der Waals surface area contributed by atoms with Crippen molar-refractivity contribution in [2.24, 2.45) is 0 Å². The molecule has 1 heterocycles. The standard InChI is InChI=1S/C11H10N2O5/c14-9-6-10(15)17-13(18-11(16)7-9)12-8-4-2-1-3-5-8/h1-5,12H,6-7H2. The highest BCUT2D eigenvalue weighted by atomic mass is 17.0. The van der Waals surface area contributed by atoms with Gasteiger partial charge in [-0.25, -0.2) is 9.59 Å². The minimum Gasteiger partial charge on any atom is -0.314 e. The van der Waals surface area contributed by atoms with Crippen LogP contribution in [-0.4, -0.2) is 23.1 Å². The topological polar surface area (TPSA) is 84.9 Å². The third-order valence-electron chi connectivity index (χ3n) is 2.05. The summed E-state index contributed by atoms with van der Waals surface area (Å²) in [5.41, 5.74) is 3.12. The predicted molar refractivity (Wildman–Crippen MR) is 58.3 cm³/mol. The van der Waals surface area contributed by atoms with Crippen LogP contribution in [-0.2, 0) is 24.1 Å². The molecule has 1 aliphatic rings. The number of hydrazine groups is 1. The summed E-state index contributed by atoms with van der Waals surface area (Å²) in [7, 11) is 0. The number of Topliss-reactive ketones (excluding diaryl/α,β-unsaturated/α-hetero) is 1. The van der Waals surface area contributed by atoms with E-state index in [2.05, 4.69) is 15.1 Å². The van der Waals surface area contributed by atoms with Crippen LogP contribution in [0, 0.1) is 0 Å². The molecule has 7 heteroatoms. The summed E-state index contributed by atoms with van der Waals surface area (Å²) in [6.07, 6.45) is -0.913. The van der Waals surface area contributed by atoms with Crippen LogP contribution < -0.4 is 5.43 Å². The van der Waals surface area contributed by atoms with Gasteiger partial charge in [-0.1, -0.05) is 18.2 Å². The minimum absolute atomic E-state index is 0.456. The lowest BCUT2D eigenvalue weighted by Gasteiger charge is -2.21. The fourth-order valence-corrected chi connectivity index (χ4v) is 1.32. The van der Waals surface area contributed by atoms with E-state index in [1.165, 1.54) is 0 Å². The van der Waals surface area contributed by atoms with Crippen LogP contribution in [0.5, 0.6) is 0 Å². The number of carbonyl (C=O) groups is 3. The first-order valence-electron chi connectivity index (χ1n) is 5.18. The lowest BCUT2D eigenvalue weighted by molar-refractivity contribution is -0.312. The second-order valence-electron chi connectivity index (χ2n) is 3.55. The van der Waals surface area contributed by atoms with Crippen LogP contribution >= 0.6 is 0 Å². The van der Waals surface area contributed by atoms with Crippen molar-refractivity contribution in [3.8, 4) is 0 Å². The average Bonchev–Trinajstić information content (AvgIpc) is 2.27. The molecule has 0 spiro atoms. The van der Waals surface area contributed by atoms with Gasteiger partial charge < -0.3 is 9.68 Å². The van der Waals surface area contributed by atoms with E-state index >= 15 is 0 Å². The van der Waals surface area contributed by atoms with E-state index in [4.69, 9.17) is 0 Å². The molecule has 1 saturated heterocycles. The monoisotopic (exact) mass is 250 g/mol. The fourth-order valence-electron chi connectivity index (χ4n) is 1.32. The van der Waals surface area contributed by atoms with Crippen molar-refractivity contribution < 1.29 is 24.1 Å². The summed E-state index contributed by atoms with van der Waals surface area (Å²) in [6.45, 7) is 0. The first-order valence-corrected chi connectivity index (χ1v) is 5.18.